The summed E-state index contributed by atoms with van der Waals surface area (Å²) in [7, 11) is 0. The molecule has 0 radical (unpaired) electrons. The predicted molar refractivity (Wildman–Crippen MR) is 97.9 cm³/mol. The fourth-order valence-corrected chi connectivity index (χ4v) is 3.40. The maximum atomic E-state index is 12.8. The van der Waals surface area contributed by atoms with Gasteiger partial charge in [0, 0.05) is 28.7 Å². The van der Waals surface area contributed by atoms with Crippen molar-refractivity contribution in [3.8, 4) is 5.75 Å². The van der Waals surface area contributed by atoms with Gasteiger partial charge in [-0.15, -0.1) is 0 Å². The van der Waals surface area contributed by atoms with Gasteiger partial charge in [0.2, 0.25) is 0 Å². The number of hydrogen-bond acceptors (Lipinski definition) is 3. The number of aromatic nitrogens is 1. The Kier molecular flexibility index (Phi) is 4.08. The van der Waals surface area contributed by atoms with Gasteiger partial charge in [0.15, 0.2) is 6.61 Å². The first kappa shape index (κ1) is 16.2. The molecular weight excluding hydrogens is 330 g/mol. The van der Waals surface area contributed by atoms with Crippen LogP contribution in [0.2, 0.25) is 0 Å². The quantitative estimate of drug-likeness (QED) is 0.757. The second-order valence-corrected chi connectivity index (χ2v) is 6.38. The standard InChI is InChI=1S/C20H19N3O3/c21-19(24)12-26-14-7-5-13(6-8-14)20(25)23-10-9-16-15-3-1-2-4-17(15)22-18(16)11-23/h1-8,22H,9-12H2,(H2,21,24). The first-order valence-electron chi connectivity index (χ1n) is 8.51. The Labute approximate surface area is 150 Å². The highest BCUT2D eigenvalue weighted by molar-refractivity contribution is 5.95. The number of nitrogens with one attached hydrogen (secondary N) is 1. The average molecular weight is 349 g/mol. The van der Waals surface area contributed by atoms with E-state index >= 15 is 0 Å². The number of primary amides is 1. The zero-order valence-corrected chi connectivity index (χ0v) is 14.2. The molecule has 1 aliphatic rings. The van der Waals surface area contributed by atoms with Crippen molar-refractivity contribution < 1.29 is 14.3 Å². The van der Waals surface area contributed by atoms with Gasteiger partial charge in [-0.05, 0) is 42.3 Å². The van der Waals surface area contributed by atoms with E-state index in [0.29, 0.717) is 24.4 Å². The van der Waals surface area contributed by atoms with E-state index in [9.17, 15) is 9.59 Å². The fourth-order valence-electron chi connectivity index (χ4n) is 3.40. The molecule has 132 valence electrons. The number of hydrogen-bond donors (Lipinski definition) is 2. The van der Waals surface area contributed by atoms with Crippen LogP contribution in [0, 0.1) is 0 Å². The van der Waals surface area contributed by atoms with Gasteiger partial charge in [-0.25, -0.2) is 0 Å². The van der Waals surface area contributed by atoms with Crippen molar-refractivity contribution >= 4 is 22.7 Å². The minimum atomic E-state index is -0.535. The summed E-state index contributed by atoms with van der Waals surface area (Å²) in [6, 6.07) is 15.0. The lowest BCUT2D eigenvalue weighted by atomic mass is 10.0. The van der Waals surface area contributed by atoms with Crippen molar-refractivity contribution in [2.75, 3.05) is 13.2 Å². The van der Waals surface area contributed by atoms with Crippen LogP contribution < -0.4 is 10.5 Å². The summed E-state index contributed by atoms with van der Waals surface area (Å²) in [5, 5.41) is 1.24. The largest absolute Gasteiger partial charge is 0.484 e. The van der Waals surface area contributed by atoms with E-state index in [0.717, 1.165) is 17.6 Å². The summed E-state index contributed by atoms with van der Waals surface area (Å²) < 4.78 is 5.22. The molecule has 0 saturated carbocycles. The number of amides is 2. The molecule has 3 aromatic rings. The Morgan fingerprint density at radius 2 is 1.88 bits per heavy atom. The molecule has 0 fully saturated rings. The zero-order chi connectivity index (χ0) is 18.1. The molecule has 2 heterocycles. The van der Waals surface area contributed by atoms with Crippen molar-refractivity contribution in [2.24, 2.45) is 5.73 Å². The monoisotopic (exact) mass is 349 g/mol. The number of nitrogens with two attached hydrogens (primary N) is 1. The molecule has 0 bridgehead atoms. The number of aromatic amines is 1. The molecular formula is C20H19N3O3. The van der Waals surface area contributed by atoms with Crippen LogP contribution in [-0.4, -0.2) is 34.8 Å². The molecule has 0 saturated heterocycles. The molecule has 0 unspecified atom stereocenters. The zero-order valence-electron chi connectivity index (χ0n) is 14.2. The Morgan fingerprint density at radius 1 is 1.12 bits per heavy atom. The number of carbonyl (C=O) groups is 2. The lowest BCUT2D eigenvalue weighted by molar-refractivity contribution is -0.119. The average Bonchev–Trinajstić information content (AvgIpc) is 3.04. The van der Waals surface area contributed by atoms with Gasteiger partial charge in [-0.3, -0.25) is 9.59 Å². The molecule has 26 heavy (non-hydrogen) atoms. The molecule has 1 aliphatic heterocycles. The summed E-state index contributed by atoms with van der Waals surface area (Å²) in [6.45, 7) is 1.08. The van der Waals surface area contributed by atoms with Crippen molar-refractivity contribution in [3.05, 3.63) is 65.4 Å². The first-order valence-corrected chi connectivity index (χ1v) is 8.51. The van der Waals surface area contributed by atoms with Crippen LogP contribution in [0.5, 0.6) is 5.75 Å². The molecule has 4 rings (SSSR count). The van der Waals surface area contributed by atoms with Crippen LogP contribution in [0.25, 0.3) is 10.9 Å². The Hall–Kier alpha value is -3.28. The third kappa shape index (κ3) is 3.01. The van der Waals surface area contributed by atoms with Crippen LogP contribution in [0.15, 0.2) is 48.5 Å². The van der Waals surface area contributed by atoms with Gasteiger partial charge in [0.25, 0.3) is 11.8 Å². The Bertz CT molecular complexity index is 976. The SMILES string of the molecule is NC(=O)COc1ccc(C(=O)N2CCc3c([nH]c4ccccc34)C2)cc1. The lowest BCUT2D eigenvalue weighted by Crippen LogP contribution is -2.35. The predicted octanol–water partition coefficient (Wildman–Crippen LogP) is 2.23. The molecule has 6 heteroatoms. The number of benzene rings is 2. The molecule has 2 aromatic carbocycles. The second kappa shape index (κ2) is 6.55. The maximum absolute atomic E-state index is 12.8. The number of ether oxygens (including phenoxy) is 1. The number of nitrogens with zero attached hydrogens (tertiary/aromatic N) is 1. The van der Waals surface area contributed by atoms with E-state index in [-0.39, 0.29) is 12.5 Å². The van der Waals surface area contributed by atoms with Crippen molar-refractivity contribution in [1.29, 1.82) is 0 Å². The van der Waals surface area contributed by atoms with Gasteiger partial charge in [-0.1, -0.05) is 18.2 Å². The van der Waals surface area contributed by atoms with E-state index in [4.69, 9.17) is 10.5 Å². The van der Waals surface area contributed by atoms with Gasteiger partial charge in [0.1, 0.15) is 5.75 Å². The summed E-state index contributed by atoms with van der Waals surface area (Å²) in [5.41, 5.74) is 9.17. The van der Waals surface area contributed by atoms with E-state index in [1.807, 2.05) is 17.0 Å². The van der Waals surface area contributed by atoms with Crippen LogP contribution in [0.3, 0.4) is 0 Å². The van der Waals surface area contributed by atoms with E-state index in [1.54, 1.807) is 24.3 Å². The molecule has 0 atom stereocenters. The Balaban J connectivity index is 1.49. The number of rotatable bonds is 4. The summed E-state index contributed by atoms with van der Waals surface area (Å²) in [5.74, 6) is -0.0414. The van der Waals surface area contributed by atoms with Crippen molar-refractivity contribution in [3.63, 3.8) is 0 Å². The Morgan fingerprint density at radius 3 is 2.65 bits per heavy atom. The summed E-state index contributed by atoms with van der Waals surface area (Å²) in [6.07, 6.45) is 0.838. The number of para-hydroxylation sites is 1. The van der Waals surface area contributed by atoms with E-state index in [2.05, 4.69) is 17.1 Å². The smallest absolute Gasteiger partial charge is 0.255 e. The molecule has 1 aromatic heterocycles. The summed E-state index contributed by atoms with van der Waals surface area (Å²) >= 11 is 0. The van der Waals surface area contributed by atoms with Crippen molar-refractivity contribution in [2.45, 2.75) is 13.0 Å². The second-order valence-electron chi connectivity index (χ2n) is 6.38. The minimum Gasteiger partial charge on any atom is -0.484 e. The molecule has 6 nitrogen and oxygen atoms in total. The van der Waals surface area contributed by atoms with Crippen LogP contribution in [-0.2, 0) is 17.8 Å². The highest BCUT2D eigenvalue weighted by Gasteiger charge is 2.24. The third-order valence-corrected chi connectivity index (χ3v) is 4.65. The van der Waals surface area contributed by atoms with Crippen LogP contribution >= 0.6 is 0 Å². The number of fused-ring (bicyclic) bond motifs is 3. The van der Waals surface area contributed by atoms with Gasteiger partial charge in [0.05, 0.1) is 6.54 Å². The maximum Gasteiger partial charge on any atom is 0.255 e. The van der Waals surface area contributed by atoms with Gasteiger partial charge >= 0.3 is 0 Å². The van der Waals surface area contributed by atoms with E-state index < -0.39 is 5.91 Å². The van der Waals surface area contributed by atoms with Crippen molar-refractivity contribution in [1.82, 2.24) is 9.88 Å². The van der Waals surface area contributed by atoms with Crippen LogP contribution in [0.1, 0.15) is 21.6 Å². The first-order chi connectivity index (χ1) is 12.6. The third-order valence-electron chi connectivity index (χ3n) is 4.65. The van der Waals surface area contributed by atoms with Crippen LogP contribution in [0.4, 0.5) is 0 Å². The highest BCUT2D eigenvalue weighted by Crippen LogP contribution is 2.28. The number of carbonyl (C=O) groups excluding carboxylic acids is 2. The number of H-pyrrole nitrogens is 1. The topological polar surface area (TPSA) is 88.4 Å². The van der Waals surface area contributed by atoms with Gasteiger partial charge < -0.3 is 20.4 Å². The fraction of sp³-hybridized carbons (Fsp3) is 0.200. The highest BCUT2D eigenvalue weighted by atomic mass is 16.5. The lowest BCUT2D eigenvalue weighted by Gasteiger charge is -2.27. The molecule has 3 N–H and O–H groups in total. The molecule has 2 amide bonds. The summed E-state index contributed by atoms with van der Waals surface area (Å²) in [4.78, 5) is 28.8. The minimum absolute atomic E-state index is 0.0178. The molecule has 0 aliphatic carbocycles. The van der Waals surface area contributed by atoms with E-state index in [1.165, 1.54) is 10.9 Å². The normalized spacial score (nSPS) is 13.5. The van der Waals surface area contributed by atoms with Gasteiger partial charge in [-0.2, -0.15) is 0 Å². The molecule has 0 spiro atoms.